The van der Waals surface area contributed by atoms with Crippen molar-refractivity contribution in [2.75, 3.05) is 27.0 Å². The molecule has 0 aromatic carbocycles. The van der Waals surface area contributed by atoms with Gasteiger partial charge in [0.05, 0.1) is 6.10 Å². The molecule has 0 radical (unpaired) electrons. The number of carbonyl (C=O) groups excluding carboxylic acids is 1. The third-order valence-corrected chi connectivity index (χ3v) is 2.18. The largest absolute Gasteiger partial charge is 0.359 e. The Morgan fingerprint density at radius 1 is 1.54 bits per heavy atom. The Morgan fingerprint density at radius 2 is 2.15 bits per heavy atom. The first-order valence-electron chi connectivity index (χ1n) is 4.39. The maximum absolute atomic E-state index is 10.8. The SMILES string of the molecule is COCOC1CCN(C(N)=O)CC1. The van der Waals surface area contributed by atoms with Gasteiger partial charge in [0.1, 0.15) is 6.79 Å². The Kier molecular flexibility index (Phi) is 3.98. The third-order valence-electron chi connectivity index (χ3n) is 2.18. The van der Waals surface area contributed by atoms with Gasteiger partial charge in [0.2, 0.25) is 0 Å². The van der Waals surface area contributed by atoms with E-state index in [1.807, 2.05) is 0 Å². The van der Waals surface area contributed by atoms with E-state index in [-0.39, 0.29) is 12.1 Å². The van der Waals surface area contributed by atoms with E-state index >= 15 is 0 Å². The quantitative estimate of drug-likeness (QED) is 0.641. The maximum Gasteiger partial charge on any atom is 0.314 e. The summed E-state index contributed by atoms with van der Waals surface area (Å²) in [4.78, 5) is 12.4. The number of carbonyl (C=O) groups is 1. The molecule has 0 saturated carbocycles. The minimum absolute atomic E-state index is 0.204. The third kappa shape index (κ3) is 3.20. The van der Waals surface area contributed by atoms with Gasteiger partial charge >= 0.3 is 6.03 Å². The second kappa shape index (κ2) is 5.04. The van der Waals surface area contributed by atoms with Gasteiger partial charge in [-0.3, -0.25) is 0 Å². The fraction of sp³-hybridized carbons (Fsp3) is 0.875. The Bertz CT molecular complexity index is 167. The van der Waals surface area contributed by atoms with Crippen LogP contribution in [0.25, 0.3) is 0 Å². The predicted molar refractivity (Wildman–Crippen MR) is 47.1 cm³/mol. The summed E-state index contributed by atoms with van der Waals surface area (Å²) in [5.74, 6) is 0. The van der Waals surface area contributed by atoms with Crippen LogP contribution in [0.1, 0.15) is 12.8 Å². The highest BCUT2D eigenvalue weighted by Gasteiger charge is 2.21. The molecule has 76 valence electrons. The van der Waals surface area contributed by atoms with Crippen LogP contribution in [0, 0.1) is 0 Å². The summed E-state index contributed by atoms with van der Waals surface area (Å²) in [6.45, 7) is 1.69. The van der Waals surface area contributed by atoms with Crippen molar-refractivity contribution in [3.05, 3.63) is 0 Å². The Labute approximate surface area is 77.8 Å². The van der Waals surface area contributed by atoms with Crippen LogP contribution in [0.2, 0.25) is 0 Å². The van der Waals surface area contributed by atoms with E-state index in [2.05, 4.69) is 0 Å². The molecule has 1 saturated heterocycles. The molecule has 0 atom stereocenters. The number of amides is 2. The van der Waals surface area contributed by atoms with Crippen LogP contribution in [0.5, 0.6) is 0 Å². The van der Waals surface area contributed by atoms with Gasteiger partial charge in [0.15, 0.2) is 0 Å². The number of methoxy groups -OCH3 is 1. The van der Waals surface area contributed by atoms with E-state index in [4.69, 9.17) is 15.2 Å². The molecule has 0 unspecified atom stereocenters. The first-order chi connectivity index (χ1) is 6.24. The highest BCUT2D eigenvalue weighted by Crippen LogP contribution is 2.12. The zero-order valence-electron chi connectivity index (χ0n) is 7.86. The molecular weight excluding hydrogens is 172 g/mol. The van der Waals surface area contributed by atoms with Gasteiger partial charge in [-0.25, -0.2) is 4.79 Å². The molecule has 1 aliphatic heterocycles. The van der Waals surface area contributed by atoms with Crippen molar-refractivity contribution in [3.8, 4) is 0 Å². The molecule has 0 aromatic heterocycles. The van der Waals surface area contributed by atoms with E-state index in [1.165, 1.54) is 0 Å². The first kappa shape index (κ1) is 10.3. The Hall–Kier alpha value is -0.810. The predicted octanol–water partition coefficient (Wildman–Crippen LogP) is 0.150. The molecular formula is C8H16N2O3. The monoisotopic (exact) mass is 188 g/mol. The smallest absolute Gasteiger partial charge is 0.314 e. The molecule has 2 amide bonds. The fourth-order valence-corrected chi connectivity index (χ4v) is 1.41. The van der Waals surface area contributed by atoms with E-state index in [9.17, 15) is 4.79 Å². The lowest BCUT2D eigenvalue weighted by molar-refractivity contribution is -0.0856. The number of primary amides is 1. The van der Waals surface area contributed by atoms with Gasteiger partial charge in [-0.05, 0) is 12.8 Å². The van der Waals surface area contributed by atoms with Crippen LogP contribution >= 0.6 is 0 Å². The number of ether oxygens (including phenoxy) is 2. The zero-order valence-corrected chi connectivity index (χ0v) is 7.86. The summed E-state index contributed by atoms with van der Waals surface area (Å²) in [5, 5.41) is 0. The van der Waals surface area contributed by atoms with Gasteiger partial charge in [-0.1, -0.05) is 0 Å². The van der Waals surface area contributed by atoms with Crippen molar-refractivity contribution in [3.63, 3.8) is 0 Å². The molecule has 13 heavy (non-hydrogen) atoms. The first-order valence-corrected chi connectivity index (χ1v) is 4.39. The molecule has 0 aliphatic carbocycles. The summed E-state index contributed by atoms with van der Waals surface area (Å²) in [6.07, 6.45) is 1.88. The van der Waals surface area contributed by atoms with Gasteiger partial charge in [0, 0.05) is 20.2 Å². The van der Waals surface area contributed by atoms with Crippen LogP contribution in [0.4, 0.5) is 4.79 Å². The molecule has 1 heterocycles. The lowest BCUT2D eigenvalue weighted by Crippen LogP contribution is -2.43. The number of nitrogens with two attached hydrogens (primary N) is 1. The molecule has 0 bridgehead atoms. The molecule has 0 spiro atoms. The number of nitrogens with zero attached hydrogens (tertiary/aromatic N) is 1. The van der Waals surface area contributed by atoms with Crippen LogP contribution in [0.15, 0.2) is 0 Å². The van der Waals surface area contributed by atoms with Crippen molar-refractivity contribution in [1.82, 2.24) is 4.90 Å². The molecule has 5 nitrogen and oxygen atoms in total. The number of hydrogen-bond donors (Lipinski definition) is 1. The lowest BCUT2D eigenvalue weighted by Gasteiger charge is -2.30. The summed E-state index contributed by atoms with van der Waals surface area (Å²) in [7, 11) is 1.60. The Balaban J connectivity index is 2.18. The number of rotatable bonds is 3. The highest BCUT2D eigenvalue weighted by atomic mass is 16.7. The molecule has 5 heteroatoms. The van der Waals surface area contributed by atoms with Crippen LogP contribution in [-0.4, -0.2) is 44.0 Å². The average molecular weight is 188 g/mol. The average Bonchev–Trinajstić information content (AvgIpc) is 2.15. The molecule has 2 N–H and O–H groups in total. The molecule has 0 aromatic rings. The summed E-state index contributed by atoms with van der Waals surface area (Å²) < 4.78 is 10.2. The topological polar surface area (TPSA) is 64.8 Å². The van der Waals surface area contributed by atoms with Gasteiger partial charge in [-0.15, -0.1) is 0 Å². The van der Waals surface area contributed by atoms with Gasteiger partial charge in [-0.2, -0.15) is 0 Å². The summed E-state index contributed by atoms with van der Waals surface area (Å²) in [5.41, 5.74) is 5.13. The van der Waals surface area contributed by atoms with Crippen LogP contribution in [0.3, 0.4) is 0 Å². The van der Waals surface area contributed by atoms with Crippen molar-refractivity contribution >= 4 is 6.03 Å². The van der Waals surface area contributed by atoms with Crippen molar-refractivity contribution in [2.24, 2.45) is 5.73 Å². The van der Waals surface area contributed by atoms with Crippen molar-refractivity contribution < 1.29 is 14.3 Å². The van der Waals surface area contributed by atoms with Crippen molar-refractivity contribution in [1.29, 1.82) is 0 Å². The van der Waals surface area contributed by atoms with Gasteiger partial charge in [0.25, 0.3) is 0 Å². The van der Waals surface area contributed by atoms with Crippen molar-refractivity contribution in [2.45, 2.75) is 18.9 Å². The molecule has 1 fully saturated rings. The summed E-state index contributed by atoms with van der Waals surface area (Å²) >= 11 is 0. The summed E-state index contributed by atoms with van der Waals surface area (Å²) in [6, 6.07) is -0.342. The van der Waals surface area contributed by atoms with E-state index in [0.29, 0.717) is 19.9 Å². The van der Waals surface area contributed by atoms with E-state index in [0.717, 1.165) is 12.8 Å². The second-order valence-corrected chi connectivity index (χ2v) is 3.10. The number of urea groups is 1. The van der Waals surface area contributed by atoms with Crippen LogP contribution in [-0.2, 0) is 9.47 Å². The number of piperidine rings is 1. The highest BCUT2D eigenvalue weighted by molar-refractivity contribution is 5.72. The maximum atomic E-state index is 10.8. The van der Waals surface area contributed by atoms with Gasteiger partial charge < -0.3 is 20.1 Å². The normalized spacial score (nSPS) is 19.0. The second-order valence-electron chi connectivity index (χ2n) is 3.10. The minimum atomic E-state index is -0.342. The van der Waals surface area contributed by atoms with Crippen LogP contribution < -0.4 is 5.73 Å². The number of likely N-dealkylation sites (tertiary alicyclic amines) is 1. The standard InChI is InChI=1S/C8H16N2O3/c1-12-6-13-7-2-4-10(5-3-7)8(9)11/h7H,2-6H2,1H3,(H2,9,11). The Morgan fingerprint density at radius 3 is 2.62 bits per heavy atom. The fourth-order valence-electron chi connectivity index (χ4n) is 1.41. The lowest BCUT2D eigenvalue weighted by atomic mass is 10.1. The van der Waals surface area contributed by atoms with E-state index < -0.39 is 0 Å². The minimum Gasteiger partial charge on any atom is -0.359 e. The number of hydrogen-bond acceptors (Lipinski definition) is 3. The molecule has 1 rings (SSSR count). The zero-order chi connectivity index (χ0) is 9.68. The van der Waals surface area contributed by atoms with E-state index in [1.54, 1.807) is 12.0 Å². The molecule has 1 aliphatic rings.